The van der Waals surface area contributed by atoms with Gasteiger partial charge in [0.25, 0.3) is 5.56 Å². The van der Waals surface area contributed by atoms with E-state index in [4.69, 9.17) is 0 Å². The SMILES string of the molecule is O=c1c2ccc(-c3cccc(O)c3)cc2ccn1Cc1ccccc1F. The van der Waals surface area contributed by atoms with Gasteiger partial charge in [0.15, 0.2) is 0 Å². The highest BCUT2D eigenvalue weighted by atomic mass is 19.1. The minimum Gasteiger partial charge on any atom is -0.508 e. The topological polar surface area (TPSA) is 42.2 Å². The quantitative estimate of drug-likeness (QED) is 0.591. The van der Waals surface area contributed by atoms with Crippen LogP contribution in [0.2, 0.25) is 0 Å². The van der Waals surface area contributed by atoms with Crippen molar-refractivity contribution in [1.82, 2.24) is 4.57 Å². The molecule has 0 saturated carbocycles. The molecule has 26 heavy (non-hydrogen) atoms. The minimum absolute atomic E-state index is 0.159. The number of phenolic OH excluding ortho intramolecular Hbond substituents is 1. The van der Waals surface area contributed by atoms with E-state index in [9.17, 15) is 14.3 Å². The molecule has 4 heteroatoms. The summed E-state index contributed by atoms with van der Waals surface area (Å²) in [5.74, 6) is -0.123. The number of hydrogen-bond donors (Lipinski definition) is 1. The number of fused-ring (bicyclic) bond motifs is 1. The summed E-state index contributed by atoms with van der Waals surface area (Å²) in [6.45, 7) is 0.190. The van der Waals surface area contributed by atoms with Gasteiger partial charge in [0.1, 0.15) is 11.6 Å². The fourth-order valence-corrected chi connectivity index (χ4v) is 3.09. The van der Waals surface area contributed by atoms with Crippen LogP contribution in [0.15, 0.2) is 83.8 Å². The lowest BCUT2D eigenvalue weighted by Gasteiger charge is -2.09. The molecule has 0 fully saturated rings. The Morgan fingerprint density at radius 3 is 2.50 bits per heavy atom. The summed E-state index contributed by atoms with van der Waals surface area (Å²) < 4.78 is 15.4. The van der Waals surface area contributed by atoms with Crippen molar-refractivity contribution >= 4 is 10.8 Å². The van der Waals surface area contributed by atoms with Crippen molar-refractivity contribution in [2.24, 2.45) is 0 Å². The number of phenols is 1. The third kappa shape index (κ3) is 2.97. The fourth-order valence-electron chi connectivity index (χ4n) is 3.09. The summed E-state index contributed by atoms with van der Waals surface area (Å²) in [7, 11) is 0. The van der Waals surface area contributed by atoms with Gasteiger partial charge in [-0.2, -0.15) is 0 Å². The van der Waals surface area contributed by atoms with Gasteiger partial charge in [0.2, 0.25) is 0 Å². The van der Waals surface area contributed by atoms with Gasteiger partial charge < -0.3 is 9.67 Å². The van der Waals surface area contributed by atoms with Gasteiger partial charge in [0.05, 0.1) is 6.54 Å². The van der Waals surface area contributed by atoms with Crippen molar-refractivity contribution in [3.05, 3.63) is 101 Å². The summed E-state index contributed by atoms with van der Waals surface area (Å²) in [5, 5.41) is 11.0. The highest BCUT2D eigenvalue weighted by Gasteiger charge is 2.08. The van der Waals surface area contributed by atoms with Crippen molar-refractivity contribution in [2.45, 2.75) is 6.54 Å². The number of benzene rings is 3. The average Bonchev–Trinajstić information content (AvgIpc) is 2.65. The largest absolute Gasteiger partial charge is 0.508 e. The van der Waals surface area contributed by atoms with E-state index in [1.807, 2.05) is 24.3 Å². The molecule has 0 unspecified atom stereocenters. The van der Waals surface area contributed by atoms with Crippen molar-refractivity contribution < 1.29 is 9.50 Å². The van der Waals surface area contributed by atoms with E-state index < -0.39 is 0 Å². The maximum absolute atomic E-state index is 13.9. The van der Waals surface area contributed by atoms with Crippen LogP contribution in [0.3, 0.4) is 0 Å². The van der Waals surface area contributed by atoms with Gasteiger partial charge in [-0.15, -0.1) is 0 Å². The summed E-state index contributed by atoms with van der Waals surface area (Å²) >= 11 is 0. The molecule has 0 radical (unpaired) electrons. The molecule has 1 N–H and O–H groups in total. The van der Waals surface area contributed by atoms with Crippen LogP contribution in [0.25, 0.3) is 21.9 Å². The Kier molecular flexibility index (Phi) is 4.01. The molecule has 0 spiro atoms. The zero-order chi connectivity index (χ0) is 18.1. The average molecular weight is 345 g/mol. The molecule has 0 amide bonds. The number of aromatic nitrogens is 1. The van der Waals surface area contributed by atoms with Crippen molar-refractivity contribution in [1.29, 1.82) is 0 Å². The highest BCUT2D eigenvalue weighted by Crippen LogP contribution is 2.25. The number of nitrogens with zero attached hydrogens (tertiary/aromatic N) is 1. The fraction of sp³-hybridized carbons (Fsp3) is 0.0455. The van der Waals surface area contributed by atoms with Gasteiger partial charge in [-0.3, -0.25) is 4.79 Å². The van der Waals surface area contributed by atoms with Gasteiger partial charge in [-0.1, -0.05) is 36.4 Å². The molecule has 0 atom stereocenters. The molecular weight excluding hydrogens is 329 g/mol. The first kappa shape index (κ1) is 16.1. The van der Waals surface area contributed by atoms with E-state index in [1.165, 1.54) is 10.6 Å². The first-order chi connectivity index (χ1) is 12.6. The molecule has 0 saturated heterocycles. The number of hydrogen-bond acceptors (Lipinski definition) is 2. The number of rotatable bonds is 3. The van der Waals surface area contributed by atoms with Crippen LogP contribution >= 0.6 is 0 Å². The Morgan fingerprint density at radius 1 is 0.885 bits per heavy atom. The van der Waals surface area contributed by atoms with E-state index in [1.54, 1.807) is 48.7 Å². The number of pyridine rings is 1. The van der Waals surface area contributed by atoms with Crippen LogP contribution in [0, 0.1) is 5.82 Å². The Bertz CT molecular complexity index is 1160. The molecule has 0 aliphatic carbocycles. The maximum atomic E-state index is 13.9. The standard InChI is InChI=1S/C22H16FNO2/c23-21-7-2-1-4-18(21)14-24-11-10-17-12-16(8-9-20(17)22(24)26)15-5-3-6-19(25)13-15/h1-13,25H,14H2. The molecule has 0 aliphatic rings. The lowest BCUT2D eigenvalue weighted by molar-refractivity contribution is 0.475. The molecule has 1 heterocycles. The Hall–Kier alpha value is -3.40. The van der Waals surface area contributed by atoms with E-state index in [0.29, 0.717) is 10.9 Å². The third-order valence-electron chi connectivity index (χ3n) is 4.45. The second-order valence-corrected chi connectivity index (χ2v) is 6.19. The van der Waals surface area contributed by atoms with Crippen LogP contribution in [-0.4, -0.2) is 9.67 Å². The zero-order valence-corrected chi connectivity index (χ0v) is 13.9. The Morgan fingerprint density at radius 2 is 1.69 bits per heavy atom. The lowest BCUT2D eigenvalue weighted by atomic mass is 10.0. The molecule has 3 nitrogen and oxygen atoms in total. The van der Waals surface area contributed by atoms with E-state index in [2.05, 4.69) is 0 Å². The maximum Gasteiger partial charge on any atom is 0.258 e. The second kappa shape index (κ2) is 6.48. The monoisotopic (exact) mass is 345 g/mol. The Balaban J connectivity index is 1.76. The van der Waals surface area contributed by atoms with Gasteiger partial charge >= 0.3 is 0 Å². The van der Waals surface area contributed by atoms with Crippen molar-refractivity contribution in [3.8, 4) is 16.9 Å². The smallest absolute Gasteiger partial charge is 0.258 e. The summed E-state index contributed by atoms with van der Waals surface area (Å²) in [6.07, 6.45) is 1.68. The van der Waals surface area contributed by atoms with Crippen LogP contribution in [0.5, 0.6) is 5.75 Å². The van der Waals surface area contributed by atoms with E-state index >= 15 is 0 Å². The molecule has 0 bridgehead atoms. The van der Waals surface area contributed by atoms with Gasteiger partial charge in [0, 0.05) is 17.1 Å². The predicted molar refractivity (Wildman–Crippen MR) is 101 cm³/mol. The molecule has 1 aromatic heterocycles. The number of aromatic hydroxyl groups is 1. The summed E-state index contributed by atoms with van der Waals surface area (Å²) in [4.78, 5) is 12.7. The van der Waals surface area contributed by atoms with Crippen molar-refractivity contribution in [2.75, 3.05) is 0 Å². The van der Waals surface area contributed by atoms with E-state index in [0.717, 1.165) is 16.5 Å². The van der Waals surface area contributed by atoms with E-state index in [-0.39, 0.29) is 23.7 Å². The molecular formula is C22H16FNO2. The predicted octanol–water partition coefficient (Wildman–Crippen LogP) is 4.56. The third-order valence-corrected chi connectivity index (χ3v) is 4.45. The normalized spacial score (nSPS) is 11.0. The highest BCUT2D eigenvalue weighted by molar-refractivity contribution is 5.86. The molecule has 4 rings (SSSR count). The molecule has 128 valence electrons. The van der Waals surface area contributed by atoms with Crippen LogP contribution < -0.4 is 5.56 Å². The van der Waals surface area contributed by atoms with Crippen LogP contribution in [-0.2, 0) is 6.54 Å². The van der Waals surface area contributed by atoms with Crippen molar-refractivity contribution in [3.63, 3.8) is 0 Å². The van der Waals surface area contributed by atoms with Gasteiger partial charge in [-0.05, 0) is 52.9 Å². The van der Waals surface area contributed by atoms with Crippen LogP contribution in [0.4, 0.5) is 4.39 Å². The minimum atomic E-state index is -0.321. The van der Waals surface area contributed by atoms with Crippen LogP contribution in [0.1, 0.15) is 5.56 Å². The first-order valence-electron chi connectivity index (χ1n) is 8.28. The second-order valence-electron chi connectivity index (χ2n) is 6.19. The summed E-state index contributed by atoms with van der Waals surface area (Å²) in [6, 6.07) is 20.8. The molecule has 4 aromatic rings. The zero-order valence-electron chi connectivity index (χ0n) is 13.9. The number of halogens is 1. The Labute approximate surface area is 149 Å². The first-order valence-corrected chi connectivity index (χ1v) is 8.28. The molecule has 3 aromatic carbocycles. The summed E-state index contributed by atoms with van der Waals surface area (Å²) in [5.41, 5.74) is 2.11. The van der Waals surface area contributed by atoms with Gasteiger partial charge in [-0.25, -0.2) is 4.39 Å². The lowest BCUT2D eigenvalue weighted by Crippen LogP contribution is -2.20. The molecule has 0 aliphatic heterocycles.